The molecule has 1 atom stereocenters. The van der Waals surface area contributed by atoms with E-state index in [1.54, 1.807) is 0 Å². The lowest BCUT2D eigenvalue weighted by Crippen LogP contribution is -2.42. The molecule has 6 rings (SSSR count). The highest BCUT2D eigenvalue weighted by atomic mass is 19.4. The quantitative estimate of drug-likeness (QED) is 0.385. The molecule has 2 aliphatic rings. The highest BCUT2D eigenvalue weighted by Gasteiger charge is 2.53. The Morgan fingerprint density at radius 3 is 2.48 bits per heavy atom. The monoisotopic (exact) mass is 556 g/mol. The van der Waals surface area contributed by atoms with Gasteiger partial charge in [-0.1, -0.05) is 0 Å². The van der Waals surface area contributed by atoms with Crippen LogP contribution >= 0.6 is 0 Å². The number of aryl methyl sites for hydroxylation is 1. The first-order valence-electron chi connectivity index (χ1n) is 12.4. The first-order chi connectivity index (χ1) is 19.0. The van der Waals surface area contributed by atoms with E-state index in [-0.39, 0.29) is 41.7 Å². The van der Waals surface area contributed by atoms with Gasteiger partial charge in [0.25, 0.3) is 11.5 Å². The summed E-state index contributed by atoms with van der Waals surface area (Å²) >= 11 is 0. The fraction of sp³-hybridized carbons (Fsp3) is 0.417. The summed E-state index contributed by atoms with van der Waals surface area (Å²) in [5.41, 5.74) is -1.49. The molecule has 16 heteroatoms. The van der Waals surface area contributed by atoms with E-state index in [0.29, 0.717) is 24.8 Å². The molecule has 0 aromatic carbocycles. The molecule has 1 N–H and O–H groups in total. The molecule has 13 nitrogen and oxygen atoms in total. The molecule has 1 saturated carbocycles. The van der Waals surface area contributed by atoms with Crippen molar-refractivity contribution in [1.29, 1.82) is 0 Å². The third-order valence-electron chi connectivity index (χ3n) is 7.44. The molecule has 4 aromatic rings. The second kappa shape index (κ2) is 8.96. The van der Waals surface area contributed by atoms with E-state index in [1.165, 1.54) is 54.2 Å². The summed E-state index contributed by atoms with van der Waals surface area (Å²) in [6, 6.07) is -0.139. The summed E-state index contributed by atoms with van der Waals surface area (Å²) in [5, 5.41) is 2.76. The van der Waals surface area contributed by atoms with E-state index in [0.717, 1.165) is 9.47 Å². The van der Waals surface area contributed by atoms with Gasteiger partial charge in [-0.25, -0.2) is 29.7 Å². The molecular formula is C24H23F3N10O3. The number of amides is 1. The molecule has 1 saturated heterocycles. The van der Waals surface area contributed by atoms with Gasteiger partial charge in [0.05, 0.1) is 11.9 Å². The number of anilines is 2. The van der Waals surface area contributed by atoms with Crippen molar-refractivity contribution in [3.05, 3.63) is 51.8 Å². The van der Waals surface area contributed by atoms with Crippen molar-refractivity contribution < 1.29 is 18.0 Å². The summed E-state index contributed by atoms with van der Waals surface area (Å²) in [6.07, 6.45) is 2.38. The van der Waals surface area contributed by atoms with E-state index in [2.05, 4.69) is 30.2 Å². The number of aromatic nitrogens is 8. The van der Waals surface area contributed by atoms with Crippen LogP contribution in [0.15, 0.2) is 40.6 Å². The zero-order valence-electron chi connectivity index (χ0n) is 21.4. The molecule has 0 radical (unpaired) electrons. The van der Waals surface area contributed by atoms with Crippen molar-refractivity contribution in [2.75, 3.05) is 16.8 Å². The van der Waals surface area contributed by atoms with Crippen LogP contribution in [0.2, 0.25) is 0 Å². The number of rotatable bonds is 5. The maximum Gasteiger partial charge on any atom is 0.408 e. The predicted molar refractivity (Wildman–Crippen MR) is 136 cm³/mol. The maximum absolute atomic E-state index is 13.4. The molecule has 208 valence electrons. The summed E-state index contributed by atoms with van der Waals surface area (Å²) in [4.78, 5) is 60.7. The fourth-order valence-corrected chi connectivity index (χ4v) is 5.10. The van der Waals surface area contributed by atoms with Gasteiger partial charge in [-0.05, 0) is 31.7 Å². The molecule has 0 spiro atoms. The van der Waals surface area contributed by atoms with Crippen LogP contribution in [0.1, 0.15) is 25.7 Å². The predicted octanol–water partition coefficient (Wildman–Crippen LogP) is 1.34. The number of carbonyl (C=O) groups is 1. The van der Waals surface area contributed by atoms with Crippen molar-refractivity contribution in [1.82, 2.24) is 38.6 Å². The summed E-state index contributed by atoms with van der Waals surface area (Å²) in [6.45, 7) is 0.206. The van der Waals surface area contributed by atoms with E-state index < -0.39 is 34.9 Å². The lowest BCUT2D eigenvalue weighted by atomic mass is 10.2. The summed E-state index contributed by atoms with van der Waals surface area (Å²) < 4.78 is 43.7. The molecule has 2 fully saturated rings. The number of carbonyl (C=O) groups excluding carboxylic acids is 1. The SMILES string of the molecule is Cn1c(=O)c2c(ncn2C2(C(=O)Nc3ccnc(-c4cnc(N5CCC[C@H]5C(F)(F)F)nc4)n3)CC2)n(C)c1=O. The fourth-order valence-electron chi connectivity index (χ4n) is 5.10. The van der Waals surface area contributed by atoms with Crippen molar-refractivity contribution in [3.63, 3.8) is 0 Å². The molecule has 1 aliphatic carbocycles. The minimum Gasteiger partial charge on any atom is -0.329 e. The van der Waals surface area contributed by atoms with Crippen molar-refractivity contribution in [3.8, 4) is 11.4 Å². The number of hydrogen-bond acceptors (Lipinski definition) is 9. The average molecular weight is 557 g/mol. The molecular weight excluding hydrogens is 533 g/mol. The molecule has 1 amide bonds. The van der Waals surface area contributed by atoms with Gasteiger partial charge in [-0.3, -0.25) is 18.7 Å². The largest absolute Gasteiger partial charge is 0.408 e. The van der Waals surface area contributed by atoms with Crippen LogP contribution in [0.5, 0.6) is 0 Å². The Morgan fingerprint density at radius 2 is 1.80 bits per heavy atom. The van der Waals surface area contributed by atoms with Gasteiger partial charge in [0.15, 0.2) is 17.0 Å². The highest BCUT2D eigenvalue weighted by Crippen LogP contribution is 2.45. The lowest BCUT2D eigenvalue weighted by molar-refractivity contribution is -0.146. The Hall–Kier alpha value is -4.63. The minimum atomic E-state index is -4.38. The van der Waals surface area contributed by atoms with E-state index in [4.69, 9.17) is 0 Å². The molecule has 40 heavy (non-hydrogen) atoms. The molecule has 0 bridgehead atoms. The molecule has 4 aromatic heterocycles. The zero-order chi connectivity index (χ0) is 28.4. The number of nitrogens with zero attached hydrogens (tertiary/aromatic N) is 9. The van der Waals surface area contributed by atoms with Crippen LogP contribution in [0.25, 0.3) is 22.6 Å². The Labute approximate surface area is 223 Å². The van der Waals surface area contributed by atoms with Crippen molar-refractivity contribution >= 4 is 28.8 Å². The van der Waals surface area contributed by atoms with E-state index >= 15 is 0 Å². The maximum atomic E-state index is 13.4. The second-order valence-electron chi connectivity index (χ2n) is 9.91. The van der Waals surface area contributed by atoms with E-state index in [9.17, 15) is 27.6 Å². The Morgan fingerprint density at radius 1 is 1.07 bits per heavy atom. The first-order valence-corrected chi connectivity index (χ1v) is 12.4. The van der Waals surface area contributed by atoms with Gasteiger partial charge in [0, 0.05) is 39.2 Å². The summed E-state index contributed by atoms with van der Waals surface area (Å²) in [5.74, 6) is -0.113. The molecule has 1 aliphatic heterocycles. The Balaban J connectivity index is 1.24. The first kappa shape index (κ1) is 25.6. The normalized spacial score (nSPS) is 18.3. The highest BCUT2D eigenvalue weighted by molar-refractivity contribution is 5.99. The summed E-state index contributed by atoms with van der Waals surface area (Å²) in [7, 11) is 2.86. The number of alkyl halides is 3. The zero-order valence-corrected chi connectivity index (χ0v) is 21.4. The van der Waals surface area contributed by atoms with Gasteiger partial charge in [0.2, 0.25) is 5.95 Å². The second-order valence-corrected chi connectivity index (χ2v) is 9.91. The smallest absolute Gasteiger partial charge is 0.329 e. The lowest BCUT2D eigenvalue weighted by Gasteiger charge is -2.26. The van der Waals surface area contributed by atoms with Crippen molar-refractivity contribution in [2.45, 2.75) is 43.4 Å². The standard InChI is InChI=1S/C24H23F3N10O3/c1-34-18-16(19(38)35(2)22(34)40)37(12-31-18)23(6-7-23)20(39)33-15-5-8-28-17(32-15)13-10-29-21(30-11-13)36-9-3-4-14(36)24(25,26)27/h5,8,10-12,14H,3-4,6-7,9H2,1-2H3,(H,28,32,33,39)/t14-/m0/s1. The molecule has 5 heterocycles. The van der Waals surface area contributed by atoms with Gasteiger partial charge in [-0.15, -0.1) is 0 Å². The third-order valence-corrected chi connectivity index (χ3v) is 7.44. The van der Waals surface area contributed by atoms with Crippen LogP contribution in [-0.2, 0) is 24.4 Å². The average Bonchev–Trinajstić information content (AvgIpc) is 3.36. The third kappa shape index (κ3) is 4.01. The van der Waals surface area contributed by atoms with Crippen molar-refractivity contribution in [2.24, 2.45) is 14.1 Å². The van der Waals surface area contributed by atoms with Crippen LogP contribution < -0.4 is 21.5 Å². The van der Waals surface area contributed by atoms with Crippen LogP contribution in [0, 0.1) is 0 Å². The van der Waals surface area contributed by atoms with Gasteiger partial charge in [-0.2, -0.15) is 13.2 Å². The number of nitrogens with one attached hydrogen (secondary N) is 1. The topological polar surface area (TPSA) is 146 Å². The van der Waals surface area contributed by atoms with Crippen LogP contribution in [0.4, 0.5) is 24.9 Å². The minimum absolute atomic E-state index is 0.0114. The number of fused-ring (bicyclic) bond motifs is 1. The van der Waals surface area contributed by atoms with Gasteiger partial charge >= 0.3 is 11.9 Å². The van der Waals surface area contributed by atoms with E-state index in [1.807, 2.05) is 0 Å². The number of imidazole rings is 1. The van der Waals surface area contributed by atoms with Crippen LogP contribution in [0.3, 0.4) is 0 Å². The van der Waals surface area contributed by atoms with Gasteiger partial charge < -0.3 is 14.8 Å². The van der Waals surface area contributed by atoms with Gasteiger partial charge in [0.1, 0.15) is 17.4 Å². The molecule has 0 unspecified atom stereocenters. The number of hydrogen-bond donors (Lipinski definition) is 1. The Kier molecular flexibility index (Phi) is 5.74. The Bertz CT molecular complexity index is 1760. The number of halogens is 3. The van der Waals surface area contributed by atoms with Crippen LogP contribution in [-0.4, -0.2) is 63.3 Å².